The van der Waals surface area contributed by atoms with E-state index in [-0.39, 0.29) is 0 Å². The van der Waals surface area contributed by atoms with Crippen LogP contribution in [0.2, 0.25) is 0 Å². The number of amides is 2. The van der Waals surface area contributed by atoms with Gasteiger partial charge in [-0.05, 0) is 6.08 Å². The zero-order valence-electron chi connectivity index (χ0n) is 12.6. The second-order valence-corrected chi connectivity index (χ2v) is 8.04. The number of nitrogens with zero attached hydrogens (tertiary/aromatic N) is 1. The zero-order valence-corrected chi connectivity index (χ0v) is 14.4. The first-order valence-electron chi connectivity index (χ1n) is 6.71. The van der Waals surface area contributed by atoms with Gasteiger partial charge >= 0.3 is 27.6 Å². The first kappa shape index (κ1) is 21.3. The summed E-state index contributed by atoms with van der Waals surface area (Å²) in [5.41, 5.74) is 5.37. The molecule has 0 bridgehead atoms. The fourth-order valence-corrected chi connectivity index (χ4v) is 3.73. The van der Waals surface area contributed by atoms with Crippen LogP contribution >= 0.6 is 15.6 Å². The Labute approximate surface area is 144 Å². The van der Waals surface area contributed by atoms with Gasteiger partial charge in [0.2, 0.25) is 6.23 Å². The van der Waals surface area contributed by atoms with Crippen molar-refractivity contribution in [2.75, 3.05) is 6.61 Å². The summed E-state index contributed by atoms with van der Waals surface area (Å²) >= 11 is 0. The van der Waals surface area contributed by atoms with E-state index in [1.54, 1.807) is 0 Å². The lowest BCUT2D eigenvalue weighted by Gasteiger charge is -2.32. The van der Waals surface area contributed by atoms with Crippen molar-refractivity contribution in [1.82, 2.24) is 10.2 Å². The fraction of sp³-hybridized carbons (Fsp3) is 0.667. The number of hydrogen-bond donors (Lipinski definition) is 6. The Bertz CT molecular complexity index is 687. The van der Waals surface area contributed by atoms with E-state index in [4.69, 9.17) is 25.2 Å². The van der Waals surface area contributed by atoms with Crippen molar-refractivity contribution in [3.8, 4) is 0 Å². The number of carbonyl (C=O) groups is 1. The molecular formula is C9H15F2N3O10P2. The molecule has 0 aromatic heterocycles. The van der Waals surface area contributed by atoms with Crippen LogP contribution in [0.25, 0.3) is 0 Å². The van der Waals surface area contributed by atoms with E-state index in [1.807, 2.05) is 0 Å². The Balaban J connectivity index is 2.09. The molecule has 0 aliphatic carbocycles. The Morgan fingerprint density at radius 3 is 2.54 bits per heavy atom. The number of halogens is 2. The predicted octanol–water partition coefficient (Wildman–Crippen LogP) is -1.24. The first-order chi connectivity index (χ1) is 11.7. The summed E-state index contributed by atoms with van der Waals surface area (Å²) in [6.45, 7) is -1.19. The summed E-state index contributed by atoms with van der Waals surface area (Å²) in [7, 11) is -10.7. The van der Waals surface area contributed by atoms with Crippen LogP contribution in [0.3, 0.4) is 0 Å². The Hall–Kier alpha value is -0.990. The van der Waals surface area contributed by atoms with E-state index in [0.717, 1.165) is 12.3 Å². The quantitative estimate of drug-likeness (QED) is 0.278. The minimum atomic E-state index is -5.41. The van der Waals surface area contributed by atoms with Crippen molar-refractivity contribution in [3.63, 3.8) is 0 Å². The molecule has 0 saturated carbocycles. The lowest BCUT2D eigenvalue weighted by atomic mass is 10.1. The average molecular weight is 425 g/mol. The molecule has 7 N–H and O–H groups in total. The molecule has 26 heavy (non-hydrogen) atoms. The molecule has 2 aliphatic rings. The Morgan fingerprint density at radius 1 is 1.38 bits per heavy atom. The van der Waals surface area contributed by atoms with Crippen LogP contribution in [-0.4, -0.2) is 67.8 Å². The molecule has 1 saturated heterocycles. The van der Waals surface area contributed by atoms with Crippen molar-refractivity contribution >= 4 is 21.7 Å². The summed E-state index contributed by atoms with van der Waals surface area (Å²) in [5, 5.41) is 11.8. The third kappa shape index (κ3) is 4.84. The minimum absolute atomic E-state index is 0.414. The van der Waals surface area contributed by atoms with Crippen LogP contribution in [0, 0.1) is 0 Å². The van der Waals surface area contributed by atoms with E-state index < -0.39 is 58.8 Å². The van der Waals surface area contributed by atoms with E-state index in [0.29, 0.717) is 4.90 Å². The number of carbonyl (C=O) groups excluding carboxylic acids is 1. The number of aliphatic hydroxyl groups excluding tert-OH is 1. The molecular weight excluding hydrogens is 410 g/mol. The van der Waals surface area contributed by atoms with Gasteiger partial charge < -0.3 is 35.6 Å². The maximum Gasteiger partial charge on any atom is 0.481 e. The molecule has 0 aromatic rings. The number of rotatable bonds is 6. The van der Waals surface area contributed by atoms with Gasteiger partial charge in [-0.3, -0.25) is 9.42 Å². The second-order valence-electron chi connectivity index (χ2n) is 5.21. The number of hydrogen-bond acceptors (Lipinski definition) is 8. The van der Waals surface area contributed by atoms with Gasteiger partial charge in [0.05, 0.1) is 12.8 Å². The van der Waals surface area contributed by atoms with Crippen LogP contribution in [0.15, 0.2) is 12.3 Å². The molecule has 2 unspecified atom stereocenters. The molecule has 0 spiro atoms. The van der Waals surface area contributed by atoms with E-state index >= 15 is 0 Å². The number of alkyl halides is 2. The lowest BCUT2D eigenvalue weighted by molar-refractivity contribution is -0.145. The van der Waals surface area contributed by atoms with E-state index in [2.05, 4.69) is 14.2 Å². The Kier molecular flexibility index (Phi) is 5.90. The minimum Gasteiger partial charge on any atom is -0.384 e. The highest BCUT2D eigenvalue weighted by Crippen LogP contribution is 2.57. The lowest BCUT2D eigenvalue weighted by Crippen LogP contribution is -2.57. The molecule has 150 valence electrons. The number of ether oxygens (including phenoxy) is 1. The van der Waals surface area contributed by atoms with Gasteiger partial charge in [-0.2, -0.15) is 13.1 Å². The number of aliphatic hydroxyl groups is 1. The van der Waals surface area contributed by atoms with Gasteiger partial charge in [-0.25, -0.2) is 13.9 Å². The monoisotopic (exact) mass is 425 g/mol. The highest BCUT2D eigenvalue weighted by atomic mass is 31.3. The molecule has 2 amide bonds. The zero-order chi connectivity index (χ0) is 19.9. The molecule has 2 heterocycles. The van der Waals surface area contributed by atoms with Crippen LogP contribution < -0.4 is 11.1 Å². The maximum absolute atomic E-state index is 14.2. The van der Waals surface area contributed by atoms with Crippen LogP contribution in [0.1, 0.15) is 0 Å². The summed E-state index contributed by atoms with van der Waals surface area (Å²) in [5.74, 6) is -4.01. The fourth-order valence-electron chi connectivity index (χ4n) is 2.13. The predicted molar refractivity (Wildman–Crippen MR) is 76.0 cm³/mol. The number of urea groups is 1. The largest absolute Gasteiger partial charge is 0.481 e. The number of phosphoric acid groups is 2. The number of nitrogens with one attached hydrogen (secondary N) is 1. The number of nitrogens with two attached hydrogens (primary N) is 1. The summed E-state index contributed by atoms with van der Waals surface area (Å²) in [6.07, 6.45) is -5.64. The van der Waals surface area contributed by atoms with E-state index in [1.165, 1.54) is 0 Å². The highest BCUT2D eigenvalue weighted by molar-refractivity contribution is 7.60. The summed E-state index contributed by atoms with van der Waals surface area (Å²) in [4.78, 5) is 38.2. The molecule has 13 nitrogen and oxygen atoms in total. The normalized spacial score (nSPS) is 33.8. The standard InChI is InChI=1S/C9H15F2N3O10P2/c10-9(11)6(15)4(3-22-26(20,21)24-25(17,18)19)23-7(9)14-2-1-5(12)13-8(14)16/h1-2,4-7,15H,3,12H2,(H,13,16)(H,20,21)(H2,17,18,19)/t4-,5?,6+,7-/m1/s1. The van der Waals surface area contributed by atoms with Gasteiger partial charge in [0.15, 0.2) is 6.10 Å². The molecule has 2 rings (SSSR count). The van der Waals surface area contributed by atoms with Gasteiger partial charge in [-0.15, -0.1) is 0 Å². The number of phosphoric ester groups is 1. The third-order valence-corrected chi connectivity index (χ3v) is 5.37. The van der Waals surface area contributed by atoms with Crippen LogP contribution in [0.5, 0.6) is 0 Å². The molecule has 1 fully saturated rings. The summed E-state index contributed by atoms with van der Waals surface area (Å²) in [6, 6.07) is -1.05. The van der Waals surface area contributed by atoms with Crippen molar-refractivity contribution in [2.45, 2.75) is 30.5 Å². The van der Waals surface area contributed by atoms with Crippen LogP contribution in [-0.2, 0) is 22.7 Å². The van der Waals surface area contributed by atoms with Crippen LogP contribution in [0.4, 0.5) is 13.6 Å². The average Bonchev–Trinajstić information content (AvgIpc) is 2.66. The third-order valence-electron chi connectivity index (χ3n) is 3.22. The molecule has 5 atom stereocenters. The van der Waals surface area contributed by atoms with E-state index in [9.17, 15) is 27.8 Å². The molecule has 0 radical (unpaired) electrons. The van der Waals surface area contributed by atoms with Crippen molar-refractivity contribution in [2.24, 2.45) is 5.73 Å². The van der Waals surface area contributed by atoms with Crippen molar-refractivity contribution < 1.29 is 56.1 Å². The van der Waals surface area contributed by atoms with Crippen molar-refractivity contribution in [1.29, 1.82) is 0 Å². The maximum atomic E-state index is 14.2. The molecule has 0 aromatic carbocycles. The first-order valence-corrected chi connectivity index (χ1v) is 9.74. The topological polar surface area (TPSA) is 201 Å². The van der Waals surface area contributed by atoms with Gasteiger partial charge in [0.1, 0.15) is 6.10 Å². The summed E-state index contributed by atoms with van der Waals surface area (Å²) < 4.78 is 62.7. The van der Waals surface area contributed by atoms with Crippen molar-refractivity contribution in [3.05, 3.63) is 12.3 Å². The smallest absolute Gasteiger partial charge is 0.384 e. The molecule has 17 heteroatoms. The SMILES string of the molecule is NC1C=CN([C@@H]2O[C@H](COP(=O)(O)OP(=O)(O)O)[C@H](O)C2(F)F)C(=O)N1. The molecule has 2 aliphatic heterocycles. The second kappa shape index (κ2) is 7.20. The van der Waals surface area contributed by atoms with Gasteiger partial charge in [-0.1, -0.05) is 0 Å². The Morgan fingerprint density at radius 2 is 2.00 bits per heavy atom. The highest BCUT2D eigenvalue weighted by Gasteiger charge is 2.61. The van der Waals surface area contributed by atoms with Gasteiger partial charge in [0.25, 0.3) is 0 Å². The van der Waals surface area contributed by atoms with Gasteiger partial charge in [0, 0.05) is 6.20 Å².